The number of aromatic nitrogens is 1. The van der Waals surface area contributed by atoms with Crippen molar-refractivity contribution in [2.45, 2.75) is 26.4 Å². The van der Waals surface area contributed by atoms with Crippen LogP contribution in [0.3, 0.4) is 0 Å². The van der Waals surface area contributed by atoms with Gasteiger partial charge in [-0.25, -0.2) is 0 Å². The van der Waals surface area contributed by atoms with Crippen molar-refractivity contribution in [1.29, 1.82) is 0 Å². The van der Waals surface area contributed by atoms with E-state index in [9.17, 15) is 5.11 Å². The van der Waals surface area contributed by atoms with Crippen LogP contribution in [-0.4, -0.2) is 22.7 Å². The van der Waals surface area contributed by atoms with Gasteiger partial charge in [-0.05, 0) is 36.6 Å². The van der Waals surface area contributed by atoms with Crippen LogP contribution in [0.4, 0.5) is 11.4 Å². The molecule has 0 aliphatic carbocycles. The highest BCUT2D eigenvalue weighted by atomic mass is 16.3. The van der Waals surface area contributed by atoms with Gasteiger partial charge in [-0.15, -0.1) is 0 Å². The Hall–Kier alpha value is -1.81. The van der Waals surface area contributed by atoms with Gasteiger partial charge >= 0.3 is 0 Å². The number of hydrogen-bond acceptors (Lipinski definition) is 4. The average Bonchev–Trinajstić information content (AvgIpc) is 2.35. The Balaban J connectivity index is 2.12. The minimum absolute atomic E-state index is 0.336. The van der Waals surface area contributed by atoms with Crippen LogP contribution in [0.2, 0.25) is 0 Å². The van der Waals surface area contributed by atoms with E-state index in [0.717, 1.165) is 23.0 Å². The number of fused-ring (bicyclic) bond motifs is 1. The first-order chi connectivity index (χ1) is 9.06. The number of hydrogen-bond donors (Lipinski definition) is 3. The molecule has 1 unspecified atom stereocenters. The van der Waals surface area contributed by atoms with Gasteiger partial charge in [0, 0.05) is 29.5 Å². The summed E-state index contributed by atoms with van der Waals surface area (Å²) in [4.78, 5) is 4.30. The lowest BCUT2D eigenvalue weighted by molar-refractivity contribution is 0.161. The summed E-state index contributed by atoms with van der Waals surface area (Å²) in [5.41, 5.74) is 8.30. The Kier molecular flexibility index (Phi) is 4.22. The van der Waals surface area contributed by atoms with Crippen LogP contribution in [0.1, 0.15) is 20.3 Å². The molecule has 1 aromatic carbocycles. The second-order valence-electron chi connectivity index (χ2n) is 5.30. The summed E-state index contributed by atoms with van der Waals surface area (Å²) in [6, 6.07) is 7.58. The van der Waals surface area contributed by atoms with Gasteiger partial charge in [0.05, 0.1) is 11.6 Å². The van der Waals surface area contributed by atoms with Gasteiger partial charge in [0.2, 0.25) is 0 Å². The summed E-state index contributed by atoms with van der Waals surface area (Å²) in [6.45, 7) is 4.75. The molecule has 0 amide bonds. The van der Waals surface area contributed by atoms with Gasteiger partial charge in [0.15, 0.2) is 0 Å². The lowest BCUT2D eigenvalue weighted by atomic mass is 10.1. The van der Waals surface area contributed by atoms with Gasteiger partial charge in [0.1, 0.15) is 0 Å². The first-order valence-corrected chi connectivity index (χ1v) is 6.62. The van der Waals surface area contributed by atoms with E-state index >= 15 is 0 Å². The number of nitrogens with zero attached hydrogens (tertiary/aromatic N) is 1. The highest BCUT2D eigenvalue weighted by molar-refractivity contribution is 5.92. The van der Waals surface area contributed by atoms with Crippen molar-refractivity contribution in [1.82, 2.24) is 4.98 Å². The van der Waals surface area contributed by atoms with Crippen molar-refractivity contribution < 1.29 is 5.11 Å². The van der Waals surface area contributed by atoms with Crippen molar-refractivity contribution in [3.8, 4) is 0 Å². The van der Waals surface area contributed by atoms with Crippen molar-refractivity contribution in [3.05, 3.63) is 30.5 Å². The molecular formula is C15H21N3O. The number of nitrogens with one attached hydrogen (secondary N) is 1. The van der Waals surface area contributed by atoms with Gasteiger partial charge in [-0.1, -0.05) is 13.8 Å². The molecule has 0 bridgehead atoms. The largest absolute Gasteiger partial charge is 0.399 e. The van der Waals surface area contributed by atoms with Crippen LogP contribution in [-0.2, 0) is 0 Å². The minimum atomic E-state index is -0.336. The predicted molar refractivity (Wildman–Crippen MR) is 80.1 cm³/mol. The molecule has 19 heavy (non-hydrogen) atoms. The number of rotatable bonds is 5. The third-order valence-electron chi connectivity index (χ3n) is 3.04. The van der Waals surface area contributed by atoms with Crippen LogP contribution in [0, 0.1) is 5.92 Å². The number of nitrogens with two attached hydrogens (primary N) is 1. The van der Waals surface area contributed by atoms with Crippen molar-refractivity contribution in [2.24, 2.45) is 5.92 Å². The molecule has 4 nitrogen and oxygen atoms in total. The normalized spacial score (nSPS) is 12.8. The fourth-order valence-electron chi connectivity index (χ4n) is 2.17. The zero-order valence-electron chi connectivity index (χ0n) is 11.4. The molecule has 0 aliphatic heterocycles. The lowest BCUT2D eigenvalue weighted by Gasteiger charge is -2.15. The molecule has 0 spiro atoms. The first kappa shape index (κ1) is 13.6. The fourth-order valence-corrected chi connectivity index (χ4v) is 2.17. The van der Waals surface area contributed by atoms with Crippen molar-refractivity contribution >= 4 is 22.3 Å². The molecule has 1 heterocycles. The highest BCUT2D eigenvalue weighted by Crippen LogP contribution is 2.23. The Morgan fingerprint density at radius 3 is 2.84 bits per heavy atom. The standard InChI is InChI=1S/C15H21N3O/c1-10(2)7-12(19)9-18-14-5-6-17-15-8-11(16)3-4-13(14)15/h3-6,8,10,12,19H,7,9,16H2,1-2H3,(H,17,18). The quantitative estimate of drug-likeness (QED) is 0.722. The van der Waals surface area contributed by atoms with Gasteiger partial charge in [-0.2, -0.15) is 0 Å². The molecular weight excluding hydrogens is 238 g/mol. The van der Waals surface area contributed by atoms with E-state index in [0.29, 0.717) is 18.2 Å². The maximum atomic E-state index is 9.90. The van der Waals surface area contributed by atoms with E-state index in [2.05, 4.69) is 24.1 Å². The smallest absolute Gasteiger partial charge is 0.0743 e. The third kappa shape index (κ3) is 3.58. The summed E-state index contributed by atoms with van der Waals surface area (Å²) >= 11 is 0. The lowest BCUT2D eigenvalue weighted by Crippen LogP contribution is -2.21. The summed E-state index contributed by atoms with van der Waals surface area (Å²) in [7, 11) is 0. The number of benzene rings is 1. The number of anilines is 2. The van der Waals surface area contributed by atoms with Crippen LogP contribution >= 0.6 is 0 Å². The SMILES string of the molecule is CC(C)CC(O)CNc1ccnc2cc(N)ccc12. The number of aliphatic hydroxyl groups is 1. The van der Waals surface area contributed by atoms with E-state index in [1.807, 2.05) is 24.3 Å². The van der Waals surface area contributed by atoms with E-state index in [1.165, 1.54) is 0 Å². The molecule has 1 atom stereocenters. The molecule has 0 aliphatic rings. The minimum Gasteiger partial charge on any atom is -0.399 e. The highest BCUT2D eigenvalue weighted by Gasteiger charge is 2.08. The van der Waals surface area contributed by atoms with Gasteiger partial charge in [0.25, 0.3) is 0 Å². The summed E-state index contributed by atoms with van der Waals surface area (Å²) < 4.78 is 0. The van der Waals surface area contributed by atoms with Crippen molar-refractivity contribution in [2.75, 3.05) is 17.6 Å². The zero-order chi connectivity index (χ0) is 13.8. The van der Waals surface area contributed by atoms with Gasteiger partial charge in [-0.3, -0.25) is 4.98 Å². The predicted octanol–water partition coefficient (Wildman–Crippen LogP) is 2.64. The van der Waals surface area contributed by atoms with Crippen molar-refractivity contribution in [3.63, 3.8) is 0 Å². The van der Waals surface area contributed by atoms with Crippen LogP contribution in [0.25, 0.3) is 10.9 Å². The van der Waals surface area contributed by atoms with Crippen LogP contribution < -0.4 is 11.1 Å². The summed E-state index contributed by atoms with van der Waals surface area (Å²) in [5.74, 6) is 0.491. The zero-order valence-corrected chi connectivity index (χ0v) is 11.4. The summed E-state index contributed by atoms with van der Waals surface area (Å²) in [5, 5.41) is 14.2. The third-order valence-corrected chi connectivity index (χ3v) is 3.04. The maximum absolute atomic E-state index is 9.90. The first-order valence-electron chi connectivity index (χ1n) is 6.62. The van der Waals surface area contributed by atoms with Crippen LogP contribution in [0.15, 0.2) is 30.5 Å². The van der Waals surface area contributed by atoms with Gasteiger partial charge < -0.3 is 16.2 Å². The molecule has 0 saturated carbocycles. The molecule has 102 valence electrons. The molecule has 0 fully saturated rings. The Morgan fingerprint density at radius 1 is 1.32 bits per heavy atom. The average molecular weight is 259 g/mol. The Labute approximate surface area is 113 Å². The molecule has 4 N–H and O–H groups in total. The molecule has 0 saturated heterocycles. The number of aliphatic hydroxyl groups excluding tert-OH is 1. The molecule has 1 aromatic heterocycles. The Bertz CT molecular complexity index is 554. The monoisotopic (exact) mass is 259 g/mol. The molecule has 2 aromatic rings. The van der Waals surface area contributed by atoms with E-state index in [-0.39, 0.29) is 6.10 Å². The maximum Gasteiger partial charge on any atom is 0.0743 e. The molecule has 4 heteroatoms. The second kappa shape index (κ2) is 5.89. The summed E-state index contributed by atoms with van der Waals surface area (Å²) in [6.07, 6.45) is 2.21. The van der Waals surface area contributed by atoms with E-state index < -0.39 is 0 Å². The fraction of sp³-hybridized carbons (Fsp3) is 0.400. The second-order valence-corrected chi connectivity index (χ2v) is 5.30. The van der Waals surface area contributed by atoms with E-state index in [1.54, 1.807) is 6.20 Å². The number of nitrogen functional groups attached to an aromatic ring is 1. The topological polar surface area (TPSA) is 71.2 Å². The van der Waals surface area contributed by atoms with Crippen LogP contribution in [0.5, 0.6) is 0 Å². The van der Waals surface area contributed by atoms with E-state index in [4.69, 9.17) is 5.73 Å². The molecule has 2 rings (SSSR count). The molecule has 0 radical (unpaired) electrons. The Morgan fingerprint density at radius 2 is 2.11 bits per heavy atom. The number of pyridine rings is 1.